The predicted molar refractivity (Wildman–Crippen MR) is 73.4 cm³/mol. The average molecular weight is 245 g/mol. The summed E-state index contributed by atoms with van der Waals surface area (Å²) >= 11 is 0. The fourth-order valence-corrected chi connectivity index (χ4v) is 1.87. The molecule has 0 aromatic carbocycles. The number of nitrogens with zero attached hydrogens (tertiary/aromatic N) is 1. The van der Waals surface area contributed by atoms with E-state index in [0.29, 0.717) is 6.61 Å². The molecular formula is C14H31NO2. The lowest BCUT2D eigenvalue weighted by molar-refractivity contribution is 0.0728. The van der Waals surface area contributed by atoms with E-state index in [0.717, 1.165) is 13.2 Å². The lowest BCUT2D eigenvalue weighted by Gasteiger charge is -2.22. The highest BCUT2D eigenvalue weighted by Crippen LogP contribution is 2.02. The second-order valence-electron chi connectivity index (χ2n) is 4.59. The summed E-state index contributed by atoms with van der Waals surface area (Å²) in [6.07, 6.45) is 7.79. The third-order valence-electron chi connectivity index (χ3n) is 2.94. The van der Waals surface area contributed by atoms with Crippen molar-refractivity contribution >= 4 is 0 Å². The number of unbranched alkanes of at least 4 members (excludes halogenated alkanes) is 4. The smallest absolute Gasteiger partial charge is 0.0698 e. The molecule has 0 spiro atoms. The van der Waals surface area contributed by atoms with E-state index in [1.54, 1.807) is 0 Å². The lowest BCUT2D eigenvalue weighted by atomic mass is 10.2. The number of rotatable bonds is 13. The van der Waals surface area contributed by atoms with Crippen LogP contribution in [0.15, 0.2) is 0 Å². The Morgan fingerprint density at radius 1 is 0.824 bits per heavy atom. The van der Waals surface area contributed by atoms with Gasteiger partial charge in [-0.3, -0.25) is 0 Å². The van der Waals surface area contributed by atoms with E-state index in [-0.39, 0.29) is 6.61 Å². The van der Waals surface area contributed by atoms with E-state index in [9.17, 15) is 0 Å². The summed E-state index contributed by atoms with van der Waals surface area (Å²) in [5.74, 6) is 0. The van der Waals surface area contributed by atoms with Crippen molar-refractivity contribution in [3.05, 3.63) is 0 Å². The van der Waals surface area contributed by atoms with E-state index in [1.165, 1.54) is 51.6 Å². The largest absolute Gasteiger partial charge is 0.394 e. The Morgan fingerprint density at radius 2 is 1.41 bits per heavy atom. The van der Waals surface area contributed by atoms with Gasteiger partial charge >= 0.3 is 0 Å². The molecular weight excluding hydrogens is 214 g/mol. The zero-order chi connectivity index (χ0) is 12.8. The maximum atomic E-state index is 8.64. The molecule has 0 fully saturated rings. The lowest BCUT2D eigenvalue weighted by Crippen LogP contribution is -2.30. The van der Waals surface area contributed by atoms with Crippen LogP contribution in [0.1, 0.15) is 52.4 Å². The van der Waals surface area contributed by atoms with Crippen LogP contribution in [-0.2, 0) is 4.74 Å². The van der Waals surface area contributed by atoms with E-state index < -0.39 is 0 Å². The molecule has 0 aliphatic rings. The number of hydrogen-bond acceptors (Lipinski definition) is 3. The Morgan fingerprint density at radius 3 is 1.88 bits per heavy atom. The summed E-state index contributed by atoms with van der Waals surface area (Å²) in [6.45, 7) is 9.23. The minimum atomic E-state index is 0.131. The Hall–Kier alpha value is -0.120. The van der Waals surface area contributed by atoms with Crippen LogP contribution in [0.2, 0.25) is 0 Å². The van der Waals surface area contributed by atoms with Crippen LogP contribution in [0.4, 0.5) is 0 Å². The van der Waals surface area contributed by atoms with Crippen molar-refractivity contribution in [3.8, 4) is 0 Å². The summed E-state index contributed by atoms with van der Waals surface area (Å²) in [4.78, 5) is 2.50. The normalized spacial score (nSPS) is 11.3. The van der Waals surface area contributed by atoms with Gasteiger partial charge in [-0.1, -0.05) is 39.5 Å². The molecule has 0 saturated heterocycles. The fourth-order valence-electron chi connectivity index (χ4n) is 1.87. The summed E-state index contributed by atoms with van der Waals surface area (Å²) < 4.78 is 5.33. The zero-order valence-corrected chi connectivity index (χ0v) is 11.8. The first kappa shape index (κ1) is 16.9. The van der Waals surface area contributed by atoms with E-state index in [1.807, 2.05) is 0 Å². The molecule has 0 bridgehead atoms. The molecule has 3 nitrogen and oxygen atoms in total. The van der Waals surface area contributed by atoms with Crippen LogP contribution in [0.25, 0.3) is 0 Å². The molecule has 0 radical (unpaired) electrons. The van der Waals surface area contributed by atoms with Gasteiger partial charge < -0.3 is 14.7 Å². The minimum absolute atomic E-state index is 0.131. The predicted octanol–water partition coefficient (Wildman–Crippen LogP) is 2.68. The quantitative estimate of drug-likeness (QED) is 0.506. The Balaban J connectivity index is 3.60. The molecule has 3 heteroatoms. The van der Waals surface area contributed by atoms with Crippen LogP contribution < -0.4 is 0 Å². The van der Waals surface area contributed by atoms with Crippen molar-refractivity contribution in [1.82, 2.24) is 4.90 Å². The number of aliphatic hydroxyl groups excluding tert-OH is 1. The summed E-state index contributed by atoms with van der Waals surface area (Å²) in [6, 6.07) is 0. The van der Waals surface area contributed by atoms with Gasteiger partial charge in [-0.05, 0) is 25.9 Å². The minimum Gasteiger partial charge on any atom is -0.394 e. The van der Waals surface area contributed by atoms with Gasteiger partial charge in [0.2, 0.25) is 0 Å². The van der Waals surface area contributed by atoms with Crippen molar-refractivity contribution < 1.29 is 9.84 Å². The molecule has 0 amide bonds. The molecule has 0 aliphatic carbocycles. The topological polar surface area (TPSA) is 32.7 Å². The van der Waals surface area contributed by atoms with Crippen LogP contribution in [0.5, 0.6) is 0 Å². The number of ether oxygens (including phenoxy) is 1. The third-order valence-corrected chi connectivity index (χ3v) is 2.94. The standard InChI is InChI=1S/C14H31NO2/c1-3-5-7-9-15(10-8-6-4-2)11-13-17-14-12-16/h16H,3-14H2,1-2H3. The van der Waals surface area contributed by atoms with Gasteiger partial charge in [-0.25, -0.2) is 0 Å². The Kier molecular flexibility index (Phi) is 13.8. The molecule has 17 heavy (non-hydrogen) atoms. The van der Waals surface area contributed by atoms with Crippen molar-refractivity contribution in [2.75, 3.05) is 39.5 Å². The molecule has 0 heterocycles. The van der Waals surface area contributed by atoms with Crippen LogP contribution >= 0.6 is 0 Å². The summed E-state index contributed by atoms with van der Waals surface area (Å²) in [5.41, 5.74) is 0. The highest BCUT2D eigenvalue weighted by Gasteiger charge is 2.03. The second kappa shape index (κ2) is 13.9. The first-order valence-electron chi connectivity index (χ1n) is 7.26. The third kappa shape index (κ3) is 12.1. The molecule has 0 aromatic heterocycles. The molecule has 0 unspecified atom stereocenters. The number of aliphatic hydroxyl groups is 1. The first-order chi connectivity index (χ1) is 8.35. The van der Waals surface area contributed by atoms with Gasteiger partial charge in [0.25, 0.3) is 0 Å². The summed E-state index contributed by atoms with van der Waals surface area (Å²) in [7, 11) is 0. The Labute approximate surface area is 107 Å². The number of hydrogen-bond donors (Lipinski definition) is 1. The summed E-state index contributed by atoms with van der Waals surface area (Å²) in [5, 5.41) is 8.64. The first-order valence-corrected chi connectivity index (χ1v) is 7.26. The van der Waals surface area contributed by atoms with Gasteiger partial charge in [0.1, 0.15) is 0 Å². The molecule has 1 N–H and O–H groups in total. The van der Waals surface area contributed by atoms with Crippen LogP contribution in [0, 0.1) is 0 Å². The molecule has 0 atom stereocenters. The van der Waals surface area contributed by atoms with Gasteiger partial charge in [-0.15, -0.1) is 0 Å². The van der Waals surface area contributed by atoms with Crippen molar-refractivity contribution in [2.45, 2.75) is 52.4 Å². The fraction of sp³-hybridized carbons (Fsp3) is 1.00. The van der Waals surface area contributed by atoms with E-state index in [2.05, 4.69) is 18.7 Å². The maximum absolute atomic E-state index is 8.64. The van der Waals surface area contributed by atoms with E-state index >= 15 is 0 Å². The monoisotopic (exact) mass is 245 g/mol. The molecule has 104 valence electrons. The molecule has 0 aromatic rings. The molecule has 0 rings (SSSR count). The van der Waals surface area contributed by atoms with Crippen LogP contribution in [-0.4, -0.2) is 49.5 Å². The van der Waals surface area contributed by atoms with E-state index in [4.69, 9.17) is 9.84 Å². The van der Waals surface area contributed by atoms with Crippen molar-refractivity contribution in [2.24, 2.45) is 0 Å². The zero-order valence-electron chi connectivity index (χ0n) is 11.8. The van der Waals surface area contributed by atoms with Gasteiger partial charge in [0.05, 0.1) is 19.8 Å². The van der Waals surface area contributed by atoms with Gasteiger partial charge in [0, 0.05) is 6.54 Å². The van der Waals surface area contributed by atoms with Crippen LogP contribution in [0.3, 0.4) is 0 Å². The average Bonchev–Trinajstić information content (AvgIpc) is 2.34. The highest BCUT2D eigenvalue weighted by atomic mass is 16.5. The SMILES string of the molecule is CCCCCN(CCCCC)CCOCCO. The Bertz CT molecular complexity index is 132. The highest BCUT2D eigenvalue weighted by molar-refractivity contribution is 4.58. The van der Waals surface area contributed by atoms with Gasteiger partial charge in [0.15, 0.2) is 0 Å². The van der Waals surface area contributed by atoms with Crippen molar-refractivity contribution in [1.29, 1.82) is 0 Å². The second-order valence-corrected chi connectivity index (χ2v) is 4.59. The molecule has 0 aliphatic heterocycles. The van der Waals surface area contributed by atoms with Gasteiger partial charge in [-0.2, -0.15) is 0 Å². The maximum Gasteiger partial charge on any atom is 0.0698 e. The molecule has 0 saturated carbocycles. The van der Waals surface area contributed by atoms with Crippen molar-refractivity contribution in [3.63, 3.8) is 0 Å².